The Balaban J connectivity index is 3.00. The lowest BCUT2D eigenvalue weighted by atomic mass is 10.1. The number of nitrogens with one attached hydrogen (secondary N) is 1. The van der Waals surface area contributed by atoms with Gasteiger partial charge in [-0.2, -0.15) is 0 Å². The highest BCUT2D eigenvalue weighted by Crippen LogP contribution is 2.23. The van der Waals surface area contributed by atoms with Crippen molar-refractivity contribution in [3.05, 3.63) is 23.8 Å². The van der Waals surface area contributed by atoms with Crippen LogP contribution in [0.3, 0.4) is 0 Å². The largest absolute Gasteiger partial charge is 0.397 e. The van der Waals surface area contributed by atoms with Gasteiger partial charge in [0.05, 0.1) is 17.9 Å². The highest BCUT2D eigenvalue weighted by Gasteiger charge is 2.11. The molecule has 18 heavy (non-hydrogen) atoms. The van der Waals surface area contributed by atoms with E-state index in [1.807, 2.05) is 6.92 Å². The van der Waals surface area contributed by atoms with Crippen LogP contribution in [0.15, 0.2) is 18.2 Å². The first kappa shape index (κ1) is 13.8. The van der Waals surface area contributed by atoms with E-state index in [-0.39, 0.29) is 12.5 Å². The maximum Gasteiger partial charge on any atom is 0.251 e. The third kappa shape index (κ3) is 3.38. The second-order valence-electron chi connectivity index (χ2n) is 3.96. The van der Waals surface area contributed by atoms with Crippen LogP contribution < -0.4 is 21.7 Å². The smallest absolute Gasteiger partial charge is 0.251 e. The average molecular weight is 250 g/mol. The first-order valence-corrected chi connectivity index (χ1v) is 5.62. The molecule has 6 heteroatoms. The number of carbonyl (C=O) groups is 2. The number of primary amides is 1. The van der Waals surface area contributed by atoms with E-state index in [2.05, 4.69) is 5.32 Å². The number of likely N-dealkylation sites (N-methyl/N-ethyl adjacent to an activating group) is 1. The van der Waals surface area contributed by atoms with Gasteiger partial charge < -0.3 is 21.7 Å². The fourth-order valence-electron chi connectivity index (χ4n) is 1.60. The van der Waals surface area contributed by atoms with E-state index in [1.165, 1.54) is 0 Å². The Bertz CT molecular complexity index is 459. The molecular formula is C12H18N4O2. The maximum absolute atomic E-state index is 11.7. The third-order valence-electron chi connectivity index (χ3n) is 2.43. The molecule has 5 N–H and O–H groups in total. The van der Waals surface area contributed by atoms with Gasteiger partial charge in [0.2, 0.25) is 5.91 Å². The second kappa shape index (κ2) is 5.90. The molecule has 6 nitrogen and oxygen atoms in total. The molecule has 0 unspecified atom stereocenters. The second-order valence-corrected chi connectivity index (χ2v) is 3.96. The van der Waals surface area contributed by atoms with Crippen molar-refractivity contribution in [3.63, 3.8) is 0 Å². The van der Waals surface area contributed by atoms with Gasteiger partial charge in [-0.05, 0) is 25.1 Å². The molecule has 1 rings (SSSR count). The fourth-order valence-corrected chi connectivity index (χ4v) is 1.60. The van der Waals surface area contributed by atoms with E-state index >= 15 is 0 Å². The lowest BCUT2D eigenvalue weighted by Crippen LogP contribution is -2.31. The van der Waals surface area contributed by atoms with E-state index in [1.54, 1.807) is 30.1 Å². The summed E-state index contributed by atoms with van der Waals surface area (Å²) in [6.07, 6.45) is 0. The number of rotatable bonds is 5. The van der Waals surface area contributed by atoms with E-state index < -0.39 is 5.91 Å². The summed E-state index contributed by atoms with van der Waals surface area (Å²) in [5.74, 6) is -0.633. The predicted molar refractivity (Wildman–Crippen MR) is 71.3 cm³/mol. The molecule has 1 aromatic rings. The Labute approximate surface area is 106 Å². The summed E-state index contributed by atoms with van der Waals surface area (Å²) in [7, 11) is 1.69. The van der Waals surface area contributed by atoms with Gasteiger partial charge in [-0.15, -0.1) is 0 Å². The molecule has 0 heterocycles. The van der Waals surface area contributed by atoms with Crippen molar-refractivity contribution in [3.8, 4) is 0 Å². The van der Waals surface area contributed by atoms with Crippen LogP contribution >= 0.6 is 0 Å². The number of carbonyl (C=O) groups excluding carboxylic acids is 2. The zero-order valence-corrected chi connectivity index (χ0v) is 10.6. The average Bonchev–Trinajstić information content (AvgIpc) is 2.28. The van der Waals surface area contributed by atoms with Gasteiger partial charge in [-0.25, -0.2) is 0 Å². The molecular weight excluding hydrogens is 232 g/mol. The van der Waals surface area contributed by atoms with Gasteiger partial charge in [0.1, 0.15) is 0 Å². The van der Waals surface area contributed by atoms with Gasteiger partial charge in [-0.1, -0.05) is 0 Å². The minimum absolute atomic E-state index is 0.0447. The van der Waals surface area contributed by atoms with Gasteiger partial charge in [0.15, 0.2) is 0 Å². The monoisotopic (exact) mass is 250 g/mol. The molecule has 0 bridgehead atoms. The molecule has 0 aliphatic heterocycles. The van der Waals surface area contributed by atoms with Crippen LogP contribution in [0.1, 0.15) is 17.3 Å². The number of hydrogen-bond acceptors (Lipinski definition) is 4. The van der Waals surface area contributed by atoms with Gasteiger partial charge >= 0.3 is 0 Å². The number of benzene rings is 1. The summed E-state index contributed by atoms with van der Waals surface area (Å²) in [5, 5.41) is 2.70. The highest BCUT2D eigenvalue weighted by atomic mass is 16.2. The van der Waals surface area contributed by atoms with Crippen LogP contribution in [0, 0.1) is 0 Å². The predicted octanol–water partition coefficient (Wildman–Crippen LogP) is -0.0600. The summed E-state index contributed by atoms with van der Waals surface area (Å²) >= 11 is 0. The van der Waals surface area contributed by atoms with Crippen LogP contribution in [0.2, 0.25) is 0 Å². The number of anilines is 2. The molecule has 0 spiro atoms. The first-order chi connectivity index (χ1) is 8.45. The van der Waals surface area contributed by atoms with E-state index in [4.69, 9.17) is 11.5 Å². The zero-order valence-electron chi connectivity index (χ0n) is 10.6. The molecule has 0 atom stereocenters. The van der Waals surface area contributed by atoms with Gasteiger partial charge in [0.25, 0.3) is 5.91 Å². The quantitative estimate of drug-likeness (QED) is 0.637. The van der Waals surface area contributed by atoms with E-state index in [0.717, 1.165) is 0 Å². The Morgan fingerprint density at radius 1 is 1.39 bits per heavy atom. The molecule has 0 radical (unpaired) electrons. The summed E-state index contributed by atoms with van der Waals surface area (Å²) < 4.78 is 0. The summed E-state index contributed by atoms with van der Waals surface area (Å²) in [6, 6.07) is 4.92. The Kier molecular flexibility index (Phi) is 4.53. The maximum atomic E-state index is 11.7. The lowest BCUT2D eigenvalue weighted by molar-refractivity contribution is -0.116. The molecule has 0 saturated heterocycles. The standard InChI is InChI=1S/C12H18N4O2/c1-3-15-12(18)8-4-5-9(13)10(6-8)16(2)7-11(14)17/h4-6H,3,7,13H2,1-2H3,(H2,14,17)(H,15,18). The van der Waals surface area contributed by atoms with Gasteiger partial charge in [0, 0.05) is 19.2 Å². The van der Waals surface area contributed by atoms with Crippen molar-refractivity contribution < 1.29 is 9.59 Å². The molecule has 98 valence electrons. The van der Waals surface area contributed by atoms with Crippen LogP contribution in [0.5, 0.6) is 0 Å². The van der Waals surface area contributed by atoms with Crippen LogP contribution in [-0.4, -0.2) is 32.0 Å². The summed E-state index contributed by atoms with van der Waals surface area (Å²) in [6.45, 7) is 2.44. The minimum atomic E-state index is -0.458. The number of amides is 2. The topological polar surface area (TPSA) is 101 Å². The van der Waals surface area contributed by atoms with Crippen molar-refractivity contribution in [1.82, 2.24) is 5.32 Å². The SMILES string of the molecule is CCNC(=O)c1ccc(N)c(N(C)CC(N)=O)c1. The van der Waals surface area contributed by atoms with Crippen LogP contribution in [-0.2, 0) is 4.79 Å². The van der Waals surface area contributed by atoms with Crippen molar-refractivity contribution in [1.29, 1.82) is 0 Å². The summed E-state index contributed by atoms with van der Waals surface area (Å²) in [4.78, 5) is 24.2. The molecule has 0 aromatic heterocycles. The van der Waals surface area contributed by atoms with Crippen molar-refractivity contribution >= 4 is 23.2 Å². The molecule has 2 amide bonds. The van der Waals surface area contributed by atoms with Crippen LogP contribution in [0.25, 0.3) is 0 Å². The molecule has 0 aliphatic carbocycles. The van der Waals surface area contributed by atoms with Crippen molar-refractivity contribution in [2.24, 2.45) is 5.73 Å². The molecule has 0 aliphatic rings. The van der Waals surface area contributed by atoms with Crippen molar-refractivity contribution in [2.45, 2.75) is 6.92 Å². The molecule has 0 saturated carbocycles. The highest BCUT2D eigenvalue weighted by molar-refractivity contribution is 5.96. The van der Waals surface area contributed by atoms with Crippen molar-refractivity contribution in [2.75, 3.05) is 30.8 Å². The lowest BCUT2D eigenvalue weighted by Gasteiger charge is -2.20. The Morgan fingerprint density at radius 2 is 2.06 bits per heavy atom. The minimum Gasteiger partial charge on any atom is -0.397 e. The number of nitrogens with zero attached hydrogens (tertiary/aromatic N) is 1. The first-order valence-electron chi connectivity index (χ1n) is 5.62. The fraction of sp³-hybridized carbons (Fsp3) is 0.333. The molecule has 1 aromatic carbocycles. The van der Waals surface area contributed by atoms with Gasteiger partial charge in [-0.3, -0.25) is 9.59 Å². The zero-order chi connectivity index (χ0) is 13.7. The number of hydrogen-bond donors (Lipinski definition) is 3. The summed E-state index contributed by atoms with van der Waals surface area (Å²) in [5.41, 5.74) is 12.5. The normalized spacial score (nSPS) is 9.89. The van der Waals surface area contributed by atoms with E-state index in [9.17, 15) is 9.59 Å². The van der Waals surface area contributed by atoms with E-state index in [0.29, 0.717) is 23.5 Å². The number of nitrogens with two attached hydrogens (primary N) is 2. The van der Waals surface area contributed by atoms with Crippen LogP contribution in [0.4, 0.5) is 11.4 Å². The molecule has 0 fully saturated rings. The Morgan fingerprint density at radius 3 is 2.61 bits per heavy atom. The third-order valence-corrected chi connectivity index (χ3v) is 2.43. The Hall–Kier alpha value is -2.24. The number of nitrogen functional groups attached to an aromatic ring is 1.